The molecule has 0 aromatic rings. The molecule has 0 heterocycles. The normalized spacial score (nSPS) is 63.1. The SMILES string of the molecule is C/C=C1\C(C)C2CC1C1C3CCC(C3)C21. The second-order valence-corrected chi connectivity index (χ2v) is 6.57. The minimum atomic E-state index is 0.931. The topological polar surface area (TPSA) is 0 Å². The van der Waals surface area contributed by atoms with Crippen molar-refractivity contribution in [2.24, 2.45) is 41.4 Å². The van der Waals surface area contributed by atoms with E-state index in [2.05, 4.69) is 19.9 Å². The average Bonchev–Trinajstić information content (AvgIpc) is 2.94. The average molecular weight is 202 g/mol. The molecule has 0 aliphatic heterocycles. The molecular weight excluding hydrogens is 180 g/mol. The molecule has 0 aromatic heterocycles. The van der Waals surface area contributed by atoms with Crippen molar-refractivity contribution in [3.63, 3.8) is 0 Å². The predicted octanol–water partition coefficient (Wildman–Crippen LogP) is 3.88. The summed E-state index contributed by atoms with van der Waals surface area (Å²) in [6.45, 7) is 4.77. The van der Waals surface area contributed by atoms with Crippen LogP contribution in [0.15, 0.2) is 11.6 Å². The summed E-state index contributed by atoms with van der Waals surface area (Å²) < 4.78 is 0. The Labute approximate surface area is 93.1 Å². The molecule has 4 rings (SSSR count). The molecule has 4 aliphatic rings. The van der Waals surface area contributed by atoms with Gasteiger partial charge in [-0.05, 0) is 74.0 Å². The van der Waals surface area contributed by atoms with E-state index in [1.54, 1.807) is 25.7 Å². The number of hydrogen-bond donors (Lipinski definition) is 0. The van der Waals surface area contributed by atoms with Gasteiger partial charge in [-0.3, -0.25) is 0 Å². The molecule has 4 bridgehead atoms. The van der Waals surface area contributed by atoms with E-state index in [-0.39, 0.29) is 0 Å². The highest BCUT2D eigenvalue weighted by atomic mass is 14.7. The summed E-state index contributed by atoms with van der Waals surface area (Å²) in [5.74, 6) is 7.62. The van der Waals surface area contributed by atoms with Crippen molar-refractivity contribution in [1.82, 2.24) is 0 Å². The van der Waals surface area contributed by atoms with E-state index in [4.69, 9.17) is 0 Å². The van der Waals surface area contributed by atoms with E-state index >= 15 is 0 Å². The van der Waals surface area contributed by atoms with Crippen molar-refractivity contribution in [3.8, 4) is 0 Å². The lowest BCUT2D eigenvalue weighted by Crippen LogP contribution is -2.32. The molecule has 0 saturated heterocycles. The van der Waals surface area contributed by atoms with Crippen molar-refractivity contribution in [1.29, 1.82) is 0 Å². The molecule has 4 fully saturated rings. The van der Waals surface area contributed by atoms with Gasteiger partial charge in [0.25, 0.3) is 0 Å². The lowest BCUT2D eigenvalue weighted by atomic mass is 9.66. The Hall–Kier alpha value is -0.260. The van der Waals surface area contributed by atoms with Gasteiger partial charge in [0.2, 0.25) is 0 Å². The summed E-state index contributed by atoms with van der Waals surface area (Å²) in [5.41, 5.74) is 1.84. The van der Waals surface area contributed by atoms with Crippen LogP contribution >= 0.6 is 0 Å². The predicted molar refractivity (Wildman–Crippen MR) is 62.3 cm³/mol. The molecule has 7 unspecified atom stereocenters. The molecule has 4 aliphatic carbocycles. The van der Waals surface area contributed by atoms with Crippen LogP contribution in [0, 0.1) is 41.4 Å². The molecular formula is C15H22. The first-order valence-electron chi connectivity index (χ1n) is 6.97. The van der Waals surface area contributed by atoms with Gasteiger partial charge in [-0.15, -0.1) is 0 Å². The van der Waals surface area contributed by atoms with Crippen LogP contribution in [0.4, 0.5) is 0 Å². The van der Waals surface area contributed by atoms with Gasteiger partial charge in [0.15, 0.2) is 0 Å². The molecule has 0 aromatic carbocycles. The Bertz CT molecular complexity index is 327. The van der Waals surface area contributed by atoms with Crippen LogP contribution in [-0.4, -0.2) is 0 Å². The Morgan fingerprint density at radius 3 is 2.53 bits per heavy atom. The fourth-order valence-corrected chi connectivity index (χ4v) is 6.18. The van der Waals surface area contributed by atoms with Gasteiger partial charge < -0.3 is 0 Å². The smallest absolute Gasteiger partial charge is 0.0164 e. The third kappa shape index (κ3) is 0.867. The second kappa shape index (κ2) is 2.70. The maximum Gasteiger partial charge on any atom is -0.0164 e. The third-order valence-corrected chi connectivity index (χ3v) is 6.46. The molecule has 82 valence electrons. The first-order chi connectivity index (χ1) is 7.31. The number of rotatable bonds is 0. The van der Waals surface area contributed by atoms with Gasteiger partial charge in [-0.2, -0.15) is 0 Å². The Morgan fingerprint density at radius 1 is 1.07 bits per heavy atom. The molecule has 15 heavy (non-hydrogen) atoms. The fourth-order valence-electron chi connectivity index (χ4n) is 6.18. The zero-order valence-corrected chi connectivity index (χ0v) is 9.95. The highest BCUT2D eigenvalue weighted by Crippen LogP contribution is 2.70. The Kier molecular flexibility index (Phi) is 1.59. The molecule has 0 heteroatoms. The highest BCUT2D eigenvalue weighted by molar-refractivity contribution is 5.27. The summed E-state index contributed by atoms with van der Waals surface area (Å²) in [5, 5.41) is 0. The van der Waals surface area contributed by atoms with Gasteiger partial charge in [0, 0.05) is 0 Å². The van der Waals surface area contributed by atoms with E-state index in [1.807, 2.05) is 5.57 Å². The maximum absolute atomic E-state index is 2.50. The number of hydrogen-bond acceptors (Lipinski definition) is 0. The number of allylic oxidation sites excluding steroid dienone is 2. The second-order valence-electron chi connectivity index (χ2n) is 6.57. The molecule has 0 amide bonds. The molecule has 4 saturated carbocycles. The van der Waals surface area contributed by atoms with Crippen LogP contribution in [0.5, 0.6) is 0 Å². The van der Waals surface area contributed by atoms with Crippen molar-refractivity contribution in [2.45, 2.75) is 39.5 Å². The summed E-state index contributed by atoms with van der Waals surface area (Å²) in [6, 6.07) is 0. The van der Waals surface area contributed by atoms with Crippen molar-refractivity contribution < 1.29 is 0 Å². The van der Waals surface area contributed by atoms with Gasteiger partial charge >= 0.3 is 0 Å². The first kappa shape index (κ1) is 8.84. The van der Waals surface area contributed by atoms with E-state index in [1.165, 1.54) is 0 Å². The maximum atomic E-state index is 2.50. The van der Waals surface area contributed by atoms with Crippen molar-refractivity contribution >= 4 is 0 Å². The lowest BCUT2D eigenvalue weighted by molar-refractivity contribution is 0.146. The molecule has 0 N–H and O–H groups in total. The summed E-state index contributed by atoms with van der Waals surface area (Å²) in [4.78, 5) is 0. The minimum absolute atomic E-state index is 0.931. The summed E-state index contributed by atoms with van der Waals surface area (Å²) in [7, 11) is 0. The van der Waals surface area contributed by atoms with Crippen LogP contribution in [0.1, 0.15) is 39.5 Å². The van der Waals surface area contributed by atoms with Crippen LogP contribution in [0.3, 0.4) is 0 Å². The van der Waals surface area contributed by atoms with Crippen molar-refractivity contribution in [3.05, 3.63) is 11.6 Å². The van der Waals surface area contributed by atoms with Crippen LogP contribution < -0.4 is 0 Å². The molecule has 7 atom stereocenters. The van der Waals surface area contributed by atoms with Crippen LogP contribution in [0.25, 0.3) is 0 Å². The van der Waals surface area contributed by atoms with Gasteiger partial charge in [0.05, 0.1) is 0 Å². The molecule has 0 nitrogen and oxygen atoms in total. The van der Waals surface area contributed by atoms with E-state index in [0.29, 0.717) is 0 Å². The van der Waals surface area contributed by atoms with Crippen LogP contribution in [0.2, 0.25) is 0 Å². The molecule has 0 spiro atoms. The van der Waals surface area contributed by atoms with E-state index in [0.717, 1.165) is 41.4 Å². The van der Waals surface area contributed by atoms with E-state index in [9.17, 15) is 0 Å². The van der Waals surface area contributed by atoms with Gasteiger partial charge in [0.1, 0.15) is 0 Å². The lowest BCUT2D eigenvalue weighted by Gasteiger charge is -2.39. The van der Waals surface area contributed by atoms with Crippen LogP contribution in [-0.2, 0) is 0 Å². The van der Waals surface area contributed by atoms with Crippen molar-refractivity contribution in [2.75, 3.05) is 0 Å². The zero-order valence-electron chi connectivity index (χ0n) is 9.95. The quantitative estimate of drug-likeness (QED) is 0.413. The summed E-state index contributed by atoms with van der Waals surface area (Å²) >= 11 is 0. The fraction of sp³-hybridized carbons (Fsp3) is 0.867. The largest absolute Gasteiger partial charge is 0.0879 e. The Morgan fingerprint density at radius 2 is 1.80 bits per heavy atom. The first-order valence-corrected chi connectivity index (χ1v) is 6.97. The summed E-state index contributed by atoms with van der Waals surface area (Å²) in [6.07, 6.45) is 8.76. The zero-order chi connectivity index (χ0) is 10.2. The monoisotopic (exact) mass is 202 g/mol. The molecule has 0 radical (unpaired) electrons. The minimum Gasteiger partial charge on any atom is -0.0879 e. The van der Waals surface area contributed by atoms with Gasteiger partial charge in [-0.25, -0.2) is 0 Å². The Balaban J connectivity index is 1.76. The third-order valence-electron chi connectivity index (χ3n) is 6.46. The van der Waals surface area contributed by atoms with Gasteiger partial charge in [-0.1, -0.05) is 18.6 Å². The highest BCUT2D eigenvalue weighted by Gasteiger charge is 2.62. The standard InChI is InChI=1S/C15H22/c1-3-11-8(2)12-7-13(11)15-10-5-4-9(6-10)14(12)15/h3,8-10,12-15H,4-7H2,1-2H3/b11-3+. The number of fused-ring (bicyclic) bond motifs is 9. The van der Waals surface area contributed by atoms with E-state index < -0.39 is 0 Å².